The van der Waals surface area contributed by atoms with Crippen molar-refractivity contribution in [3.63, 3.8) is 0 Å². The van der Waals surface area contributed by atoms with Crippen LogP contribution in [0.4, 0.5) is 0 Å². The SMILES string of the molecule is CCC(C)(CNC(=O)c1ccc(S(=O)(=O)NC(C)C)cc1)N1CCOCC1. The molecule has 152 valence electrons. The second kappa shape index (κ2) is 9.14. The predicted octanol–water partition coefficient (Wildman–Crippen LogP) is 1.60. The summed E-state index contributed by atoms with van der Waals surface area (Å²) in [6, 6.07) is 5.82. The normalized spacial score (nSPS) is 18.3. The van der Waals surface area contributed by atoms with Crippen LogP contribution in [0.2, 0.25) is 0 Å². The second-order valence-electron chi connectivity index (χ2n) is 7.43. The van der Waals surface area contributed by atoms with E-state index in [9.17, 15) is 13.2 Å². The third kappa shape index (κ3) is 5.75. The molecule has 1 aliphatic heterocycles. The lowest BCUT2D eigenvalue weighted by Gasteiger charge is -2.43. The second-order valence-corrected chi connectivity index (χ2v) is 9.15. The molecule has 1 heterocycles. The molecule has 0 aromatic heterocycles. The minimum Gasteiger partial charge on any atom is -0.379 e. The van der Waals surface area contributed by atoms with E-state index >= 15 is 0 Å². The van der Waals surface area contributed by atoms with Crippen molar-refractivity contribution in [3.8, 4) is 0 Å². The van der Waals surface area contributed by atoms with Crippen LogP contribution in [0.15, 0.2) is 29.2 Å². The number of hydrogen-bond donors (Lipinski definition) is 2. The van der Waals surface area contributed by atoms with Crippen LogP contribution < -0.4 is 10.0 Å². The van der Waals surface area contributed by atoms with Crippen molar-refractivity contribution in [2.45, 2.75) is 50.6 Å². The van der Waals surface area contributed by atoms with Crippen molar-refractivity contribution in [2.24, 2.45) is 0 Å². The van der Waals surface area contributed by atoms with E-state index < -0.39 is 10.0 Å². The van der Waals surface area contributed by atoms with Crippen LogP contribution in [0.1, 0.15) is 44.5 Å². The topological polar surface area (TPSA) is 87.7 Å². The highest BCUT2D eigenvalue weighted by Crippen LogP contribution is 2.20. The van der Waals surface area contributed by atoms with Crippen LogP contribution in [-0.4, -0.2) is 63.7 Å². The molecule has 1 fully saturated rings. The largest absolute Gasteiger partial charge is 0.379 e. The number of nitrogens with one attached hydrogen (secondary N) is 2. The molecule has 8 heteroatoms. The Labute approximate surface area is 162 Å². The lowest BCUT2D eigenvalue weighted by molar-refractivity contribution is -0.0169. The number of nitrogens with zero attached hydrogens (tertiary/aromatic N) is 1. The van der Waals surface area contributed by atoms with Crippen LogP contribution in [0.3, 0.4) is 0 Å². The van der Waals surface area contributed by atoms with Crippen LogP contribution in [0.25, 0.3) is 0 Å². The fourth-order valence-corrected chi connectivity index (χ4v) is 4.35. The van der Waals surface area contributed by atoms with Gasteiger partial charge in [-0.2, -0.15) is 0 Å². The molecule has 0 bridgehead atoms. The van der Waals surface area contributed by atoms with Gasteiger partial charge in [-0.3, -0.25) is 9.69 Å². The number of hydrogen-bond acceptors (Lipinski definition) is 5. The lowest BCUT2D eigenvalue weighted by Crippen LogP contribution is -2.56. The molecule has 2 rings (SSSR count). The zero-order valence-electron chi connectivity index (χ0n) is 16.6. The fraction of sp³-hybridized carbons (Fsp3) is 0.632. The third-order valence-corrected chi connectivity index (χ3v) is 6.66. The van der Waals surface area contributed by atoms with Gasteiger partial charge in [0, 0.05) is 36.8 Å². The van der Waals surface area contributed by atoms with Crippen LogP contribution >= 0.6 is 0 Å². The smallest absolute Gasteiger partial charge is 0.251 e. The van der Waals surface area contributed by atoms with Gasteiger partial charge in [0.1, 0.15) is 0 Å². The number of benzene rings is 1. The van der Waals surface area contributed by atoms with Crippen molar-refractivity contribution < 1.29 is 17.9 Å². The van der Waals surface area contributed by atoms with Gasteiger partial charge in [-0.05, 0) is 51.5 Å². The maximum atomic E-state index is 12.5. The average Bonchev–Trinajstić information content (AvgIpc) is 2.65. The molecule has 1 unspecified atom stereocenters. The predicted molar refractivity (Wildman–Crippen MR) is 105 cm³/mol. The highest BCUT2D eigenvalue weighted by molar-refractivity contribution is 7.89. The first-order chi connectivity index (χ1) is 12.7. The molecular formula is C19H31N3O4S. The number of sulfonamides is 1. The van der Waals surface area contributed by atoms with Crippen molar-refractivity contribution in [1.82, 2.24) is 14.9 Å². The van der Waals surface area contributed by atoms with Crippen molar-refractivity contribution in [1.29, 1.82) is 0 Å². The molecule has 2 N–H and O–H groups in total. The summed E-state index contributed by atoms with van der Waals surface area (Å²) in [5, 5.41) is 2.99. The lowest BCUT2D eigenvalue weighted by atomic mass is 9.95. The zero-order valence-corrected chi connectivity index (χ0v) is 17.4. The third-order valence-electron chi connectivity index (χ3n) is 4.98. The highest BCUT2D eigenvalue weighted by Gasteiger charge is 2.31. The average molecular weight is 398 g/mol. The van der Waals surface area contributed by atoms with Gasteiger partial charge < -0.3 is 10.1 Å². The monoisotopic (exact) mass is 397 g/mol. The van der Waals surface area contributed by atoms with Gasteiger partial charge in [-0.25, -0.2) is 13.1 Å². The first-order valence-corrected chi connectivity index (χ1v) is 10.9. The number of carbonyl (C=O) groups is 1. The highest BCUT2D eigenvalue weighted by atomic mass is 32.2. The van der Waals surface area contributed by atoms with E-state index in [-0.39, 0.29) is 22.4 Å². The van der Waals surface area contributed by atoms with Gasteiger partial charge in [-0.1, -0.05) is 6.92 Å². The van der Waals surface area contributed by atoms with E-state index in [0.29, 0.717) is 25.3 Å². The maximum Gasteiger partial charge on any atom is 0.251 e. The first kappa shape index (κ1) is 21.8. The van der Waals surface area contributed by atoms with Crippen LogP contribution in [0, 0.1) is 0 Å². The Morgan fingerprint density at radius 3 is 2.33 bits per heavy atom. The van der Waals surface area contributed by atoms with Gasteiger partial charge in [0.05, 0.1) is 18.1 Å². The van der Waals surface area contributed by atoms with Gasteiger partial charge in [0.25, 0.3) is 5.91 Å². The van der Waals surface area contributed by atoms with E-state index in [1.165, 1.54) is 12.1 Å². The Morgan fingerprint density at radius 1 is 1.22 bits per heavy atom. The van der Waals surface area contributed by atoms with Crippen LogP contribution in [-0.2, 0) is 14.8 Å². The molecule has 1 aromatic carbocycles. The molecule has 0 saturated carbocycles. The van der Waals surface area contributed by atoms with Gasteiger partial charge in [0.15, 0.2) is 0 Å². The number of carbonyl (C=O) groups excluding carboxylic acids is 1. The molecule has 1 amide bonds. The number of amides is 1. The first-order valence-electron chi connectivity index (χ1n) is 9.41. The molecule has 27 heavy (non-hydrogen) atoms. The van der Waals surface area contributed by atoms with E-state index in [0.717, 1.165) is 19.5 Å². The summed E-state index contributed by atoms with van der Waals surface area (Å²) in [5.41, 5.74) is 0.308. The molecule has 7 nitrogen and oxygen atoms in total. The maximum absolute atomic E-state index is 12.5. The molecule has 0 aliphatic carbocycles. The Bertz CT molecular complexity index is 728. The standard InChI is InChI=1S/C19H31N3O4S/c1-5-19(4,22-10-12-26-13-11-22)14-20-18(23)16-6-8-17(9-7-16)27(24,25)21-15(2)3/h6-9,15,21H,5,10-14H2,1-4H3,(H,20,23). The summed E-state index contributed by atoms with van der Waals surface area (Å²) in [6.45, 7) is 11.4. The molecular weight excluding hydrogens is 366 g/mol. The summed E-state index contributed by atoms with van der Waals surface area (Å²) in [4.78, 5) is 15.0. The van der Waals surface area contributed by atoms with Crippen molar-refractivity contribution in [3.05, 3.63) is 29.8 Å². The quantitative estimate of drug-likeness (QED) is 0.696. The Morgan fingerprint density at radius 2 is 1.81 bits per heavy atom. The minimum atomic E-state index is -3.56. The summed E-state index contributed by atoms with van der Waals surface area (Å²) < 4.78 is 32.3. The summed E-state index contributed by atoms with van der Waals surface area (Å²) >= 11 is 0. The van der Waals surface area contributed by atoms with E-state index in [4.69, 9.17) is 4.74 Å². The van der Waals surface area contributed by atoms with E-state index in [1.807, 2.05) is 0 Å². The van der Waals surface area contributed by atoms with E-state index in [2.05, 4.69) is 28.8 Å². The Balaban J connectivity index is 2.01. The van der Waals surface area contributed by atoms with Gasteiger partial charge >= 0.3 is 0 Å². The van der Waals surface area contributed by atoms with Gasteiger partial charge in [0.2, 0.25) is 10.0 Å². The minimum absolute atomic E-state index is 0.135. The van der Waals surface area contributed by atoms with Crippen molar-refractivity contribution >= 4 is 15.9 Å². The summed E-state index contributed by atoms with van der Waals surface area (Å²) in [6.07, 6.45) is 0.908. The number of rotatable bonds is 8. The molecule has 1 atom stereocenters. The van der Waals surface area contributed by atoms with E-state index in [1.54, 1.807) is 26.0 Å². The summed E-state index contributed by atoms with van der Waals surface area (Å²) in [7, 11) is -3.56. The molecule has 1 aromatic rings. The number of ether oxygens (including phenoxy) is 1. The fourth-order valence-electron chi connectivity index (χ4n) is 3.10. The zero-order chi connectivity index (χ0) is 20.1. The molecule has 0 spiro atoms. The Kier molecular flexibility index (Phi) is 7.39. The summed E-state index contributed by atoms with van der Waals surface area (Å²) in [5.74, 6) is -0.205. The van der Waals surface area contributed by atoms with Crippen molar-refractivity contribution in [2.75, 3.05) is 32.8 Å². The number of morpholine rings is 1. The molecule has 1 aliphatic rings. The molecule has 1 saturated heterocycles. The molecule has 0 radical (unpaired) electrons. The Hall–Kier alpha value is -1.48. The van der Waals surface area contributed by atoms with Gasteiger partial charge in [-0.15, -0.1) is 0 Å². The van der Waals surface area contributed by atoms with Crippen LogP contribution in [0.5, 0.6) is 0 Å².